The molecule has 29 heavy (non-hydrogen) atoms. The summed E-state index contributed by atoms with van der Waals surface area (Å²) in [6.07, 6.45) is 1.96. The number of para-hydroxylation sites is 1. The Bertz CT molecular complexity index is 829. The number of hydrogen-bond donors (Lipinski definition) is 1. The van der Waals surface area contributed by atoms with E-state index in [2.05, 4.69) is 49.3 Å². The van der Waals surface area contributed by atoms with Gasteiger partial charge in [-0.2, -0.15) is 5.10 Å². The van der Waals surface area contributed by atoms with Gasteiger partial charge in [0, 0.05) is 44.8 Å². The number of carbonyl (C=O) groups is 2. The number of esters is 1. The van der Waals surface area contributed by atoms with Gasteiger partial charge in [-0.15, -0.1) is 0 Å². The summed E-state index contributed by atoms with van der Waals surface area (Å²) in [6, 6.07) is 17.2. The van der Waals surface area contributed by atoms with Crippen LogP contribution in [-0.2, 0) is 9.53 Å². The quantitative estimate of drug-likeness (QED) is 0.442. The molecule has 7 heteroatoms. The number of methoxy groups -OCH3 is 1. The highest BCUT2D eigenvalue weighted by Gasteiger charge is 2.17. The van der Waals surface area contributed by atoms with E-state index < -0.39 is 0 Å². The second kappa shape index (κ2) is 10.4. The molecule has 1 amide bonds. The van der Waals surface area contributed by atoms with Gasteiger partial charge in [0.2, 0.25) is 5.91 Å². The normalized spacial score (nSPS) is 14.7. The minimum atomic E-state index is -0.383. The molecule has 0 aromatic heterocycles. The van der Waals surface area contributed by atoms with Crippen molar-refractivity contribution in [3.63, 3.8) is 0 Å². The second-order valence-corrected chi connectivity index (χ2v) is 6.82. The molecule has 2 aromatic rings. The van der Waals surface area contributed by atoms with Crippen LogP contribution in [-0.4, -0.2) is 62.8 Å². The van der Waals surface area contributed by atoms with Gasteiger partial charge in [0.15, 0.2) is 0 Å². The van der Waals surface area contributed by atoms with Crippen molar-refractivity contribution in [3.8, 4) is 0 Å². The van der Waals surface area contributed by atoms with Crippen LogP contribution in [0, 0.1) is 0 Å². The van der Waals surface area contributed by atoms with E-state index in [0.29, 0.717) is 12.0 Å². The summed E-state index contributed by atoms with van der Waals surface area (Å²) in [7, 11) is 1.34. The highest BCUT2D eigenvalue weighted by atomic mass is 16.5. The Morgan fingerprint density at radius 3 is 2.38 bits per heavy atom. The zero-order chi connectivity index (χ0) is 20.5. The fourth-order valence-corrected chi connectivity index (χ4v) is 3.19. The number of rotatable bonds is 7. The van der Waals surface area contributed by atoms with E-state index in [4.69, 9.17) is 0 Å². The Kier molecular flexibility index (Phi) is 7.35. The third-order valence-electron chi connectivity index (χ3n) is 4.88. The Morgan fingerprint density at radius 2 is 1.72 bits per heavy atom. The number of benzene rings is 2. The standard InChI is InChI=1S/C22H26N4O3/c1-29-22(28)19-9-7-18(8-10-19)17-23-24-21(27)11-12-25-13-15-26(16-14-25)20-5-3-2-4-6-20/h2-10,17H,11-16H2,1H3,(H,24,27)/b23-17+. The van der Waals surface area contributed by atoms with Gasteiger partial charge in [-0.05, 0) is 29.8 Å². The zero-order valence-electron chi connectivity index (χ0n) is 16.6. The van der Waals surface area contributed by atoms with Crippen LogP contribution in [0.3, 0.4) is 0 Å². The SMILES string of the molecule is COC(=O)c1ccc(/C=N/NC(=O)CCN2CCN(c3ccccc3)CC2)cc1. The number of piperazine rings is 1. The van der Waals surface area contributed by atoms with Crippen molar-refractivity contribution in [2.75, 3.05) is 44.7 Å². The topological polar surface area (TPSA) is 74.2 Å². The Hall–Kier alpha value is -3.19. The molecule has 1 N–H and O–H groups in total. The molecule has 0 radical (unpaired) electrons. The molecule has 7 nitrogen and oxygen atoms in total. The highest BCUT2D eigenvalue weighted by molar-refractivity contribution is 5.90. The molecule has 1 saturated heterocycles. The van der Waals surface area contributed by atoms with Crippen molar-refractivity contribution >= 4 is 23.8 Å². The van der Waals surface area contributed by atoms with E-state index in [9.17, 15) is 9.59 Å². The van der Waals surface area contributed by atoms with Gasteiger partial charge in [-0.25, -0.2) is 10.2 Å². The van der Waals surface area contributed by atoms with Gasteiger partial charge in [0.25, 0.3) is 0 Å². The van der Waals surface area contributed by atoms with Crippen LogP contribution in [0.5, 0.6) is 0 Å². The van der Waals surface area contributed by atoms with Crippen LogP contribution in [0.4, 0.5) is 5.69 Å². The van der Waals surface area contributed by atoms with Gasteiger partial charge in [-0.1, -0.05) is 30.3 Å². The molecule has 0 spiro atoms. The first-order valence-electron chi connectivity index (χ1n) is 9.68. The summed E-state index contributed by atoms with van der Waals surface area (Å²) in [5, 5.41) is 3.98. The summed E-state index contributed by atoms with van der Waals surface area (Å²) in [5.41, 5.74) is 5.06. The lowest BCUT2D eigenvalue weighted by Crippen LogP contribution is -2.47. The Morgan fingerprint density at radius 1 is 1.03 bits per heavy atom. The van der Waals surface area contributed by atoms with E-state index in [1.54, 1.807) is 30.5 Å². The summed E-state index contributed by atoms with van der Waals surface area (Å²) in [6.45, 7) is 4.53. The van der Waals surface area contributed by atoms with Gasteiger partial charge in [-0.3, -0.25) is 9.69 Å². The van der Waals surface area contributed by atoms with E-state index >= 15 is 0 Å². The maximum Gasteiger partial charge on any atom is 0.337 e. The largest absolute Gasteiger partial charge is 0.465 e. The number of anilines is 1. The van der Waals surface area contributed by atoms with Gasteiger partial charge in [0.05, 0.1) is 18.9 Å². The number of amides is 1. The second-order valence-electron chi connectivity index (χ2n) is 6.82. The molecule has 0 aliphatic carbocycles. The van der Waals surface area contributed by atoms with E-state index in [0.717, 1.165) is 38.3 Å². The summed E-state index contributed by atoms with van der Waals surface area (Å²) in [4.78, 5) is 28.1. The number of carbonyl (C=O) groups excluding carboxylic acids is 2. The maximum absolute atomic E-state index is 12.0. The average Bonchev–Trinajstić information content (AvgIpc) is 2.78. The maximum atomic E-state index is 12.0. The van der Waals surface area contributed by atoms with Crippen LogP contribution >= 0.6 is 0 Å². The van der Waals surface area contributed by atoms with E-state index in [-0.39, 0.29) is 11.9 Å². The Balaban J connectivity index is 1.36. The number of nitrogens with zero attached hydrogens (tertiary/aromatic N) is 3. The molecule has 0 unspecified atom stereocenters. The molecular formula is C22H26N4O3. The van der Waals surface area contributed by atoms with Crippen molar-refractivity contribution < 1.29 is 14.3 Å². The first-order chi connectivity index (χ1) is 14.2. The minimum absolute atomic E-state index is 0.113. The molecule has 0 saturated carbocycles. The fraction of sp³-hybridized carbons (Fsp3) is 0.318. The van der Waals surface area contributed by atoms with Crippen LogP contribution in [0.25, 0.3) is 0 Å². The zero-order valence-corrected chi connectivity index (χ0v) is 16.6. The number of ether oxygens (including phenoxy) is 1. The fourth-order valence-electron chi connectivity index (χ4n) is 3.19. The lowest BCUT2D eigenvalue weighted by atomic mass is 10.1. The van der Waals surface area contributed by atoms with Crippen molar-refractivity contribution in [3.05, 3.63) is 65.7 Å². The summed E-state index contributed by atoms with van der Waals surface area (Å²) < 4.78 is 4.66. The van der Waals surface area contributed by atoms with Gasteiger partial charge < -0.3 is 9.64 Å². The third kappa shape index (κ3) is 6.15. The van der Waals surface area contributed by atoms with Crippen molar-refractivity contribution in [1.29, 1.82) is 0 Å². The lowest BCUT2D eigenvalue weighted by molar-refractivity contribution is -0.121. The van der Waals surface area contributed by atoms with Gasteiger partial charge in [0.1, 0.15) is 0 Å². The first-order valence-corrected chi connectivity index (χ1v) is 9.68. The molecule has 3 rings (SSSR count). The molecule has 1 aliphatic heterocycles. The van der Waals surface area contributed by atoms with Crippen molar-refractivity contribution in [2.45, 2.75) is 6.42 Å². The molecule has 1 heterocycles. The van der Waals surface area contributed by atoms with Crippen LogP contribution in [0.2, 0.25) is 0 Å². The number of hydrazone groups is 1. The predicted octanol–water partition coefficient (Wildman–Crippen LogP) is 2.14. The van der Waals surface area contributed by atoms with Crippen LogP contribution < -0.4 is 10.3 Å². The smallest absolute Gasteiger partial charge is 0.337 e. The summed E-state index contributed by atoms with van der Waals surface area (Å²) >= 11 is 0. The highest BCUT2D eigenvalue weighted by Crippen LogP contribution is 2.15. The lowest BCUT2D eigenvalue weighted by Gasteiger charge is -2.36. The van der Waals surface area contributed by atoms with Crippen molar-refractivity contribution in [2.24, 2.45) is 5.10 Å². The first kappa shape index (κ1) is 20.5. The molecular weight excluding hydrogens is 368 g/mol. The number of hydrogen-bond acceptors (Lipinski definition) is 6. The minimum Gasteiger partial charge on any atom is -0.465 e. The van der Waals surface area contributed by atoms with Crippen LogP contribution in [0.15, 0.2) is 59.7 Å². The predicted molar refractivity (Wildman–Crippen MR) is 113 cm³/mol. The molecule has 0 atom stereocenters. The summed E-state index contributed by atoms with van der Waals surface area (Å²) in [5.74, 6) is -0.496. The molecule has 1 aliphatic rings. The molecule has 152 valence electrons. The molecule has 1 fully saturated rings. The van der Waals surface area contributed by atoms with E-state index in [1.807, 2.05) is 6.07 Å². The number of nitrogens with one attached hydrogen (secondary N) is 1. The van der Waals surface area contributed by atoms with Crippen LogP contribution in [0.1, 0.15) is 22.3 Å². The monoisotopic (exact) mass is 394 g/mol. The average molecular weight is 394 g/mol. The Labute approximate surface area is 171 Å². The van der Waals surface area contributed by atoms with Gasteiger partial charge >= 0.3 is 5.97 Å². The van der Waals surface area contributed by atoms with E-state index in [1.165, 1.54) is 12.8 Å². The molecule has 0 bridgehead atoms. The van der Waals surface area contributed by atoms with Crippen molar-refractivity contribution in [1.82, 2.24) is 10.3 Å². The third-order valence-corrected chi connectivity index (χ3v) is 4.88. The molecule has 2 aromatic carbocycles.